The Kier molecular flexibility index (Phi) is 7.43. The van der Waals surface area contributed by atoms with Crippen molar-refractivity contribution in [3.05, 3.63) is 35.5 Å². The maximum atomic E-state index is 12.2. The molecule has 0 aromatic rings. The van der Waals surface area contributed by atoms with Crippen LogP contribution in [0.25, 0.3) is 0 Å². The number of Topliss-reactive ketones (excluding diaryl/α,β-unsaturated/α-hetero) is 1. The summed E-state index contributed by atoms with van der Waals surface area (Å²) in [6, 6.07) is 0. The predicted octanol–water partition coefficient (Wildman–Crippen LogP) is 3.96. The summed E-state index contributed by atoms with van der Waals surface area (Å²) in [7, 11) is 0. The van der Waals surface area contributed by atoms with Crippen molar-refractivity contribution in [1.29, 1.82) is 0 Å². The fraction of sp³-hybridized carbons (Fsp3) is 0.650. The van der Waals surface area contributed by atoms with Crippen LogP contribution >= 0.6 is 0 Å². The molecule has 1 aliphatic carbocycles. The molecule has 3 nitrogen and oxygen atoms in total. The van der Waals surface area contributed by atoms with E-state index in [4.69, 9.17) is 5.11 Å². The second-order valence-electron chi connectivity index (χ2n) is 7.41. The lowest BCUT2D eigenvalue weighted by Gasteiger charge is -2.39. The van der Waals surface area contributed by atoms with Gasteiger partial charge in [0.15, 0.2) is 0 Å². The Morgan fingerprint density at radius 2 is 2.00 bits per heavy atom. The van der Waals surface area contributed by atoms with Crippen LogP contribution < -0.4 is 0 Å². The molecule has 130 valence electrons. The number of hydrogen-bond acceptors (Lipinski definition) is 3. The zero-order chi connectivity index (χ0) is 17.6. The Morgan fingerprint density at radius 3 is 2.61 bits per heavy atom. The van der Waals surface area contributed by atoms with Crippen LogP contribution in [0, 0.1) is 11.3 Å². The summed E-state index contributed by atoms with van der Waals surface area (Å²) in [5.41, 5.74) is 2.98. The molecule has 1 rings (SSSR count). The van der Waals surface area contributed by atoms with Gasteiger partial charge in [-0.05, 0) is 45.4 Å². The van der Waals surface area contributed by atoms with Gasteiger partial charge >= 0.3 is 0 Å². The molecular weight excluding hydrogens is 288 g/mol. The number of aliphatic hydroxyl groups excluding tert-OH is 2. The summed E-state index contributed by atoms with van der Waals surface area (Å²) >= 11 is 0. The van der Waals surface area contributed by atoms with E-state index in [2.05, 4.69) is 6.58 Å². The maximum absolute atomic E-state index is 12.2. The van der Waals surface area contributed by atoms with Crippen molar-refractivity contribution < 1.29 is 15.0 Å². The minimum atomic E-state index is -0.526. The molecule has 0 aliphatic heterocycles. The molecule has 0 unspecified atom stereocenters. The number of carbonyl (C=O) groups is 1. The third-order valence-electron chi connectivity index (χ3n) is 5.03. The molecule has 0 radical (unpaired) electrons. The molecule has 1 aliphatic rings. The number of rotatable bonds is 7. The topological polar surface area (TPSA) is 57.5 Å². The molecule has 0 amide bonds. The van der Waals surface area contributed by atoms with Gasteiger partial charge in [0, 0.05) is 11.8 Å². The van der Waals surface area contributed by atoms with Crippen molar-refractivity contribution >= 4 is 5.78 Å². The summed E-state index contributed by atoms with van der Waals surface area (Å²) < 4.78 is 0. The summed E-state index contributed by atoms with van der Waals surface area (Å²) in [4.78, 5) is 12.2. The maximum Gasteiger partial charge on any atom is 0.139 e. The fourth-order valence-corrected chi connectivity index (χ4v) is 3.45. The van der Waals surface area contributed by atoms with Crippen LogP contribution in [0.4, 0.5) is 0 Å². The zero-order valence-electron chi connectivity index (χ0n) is 15.1. The third kappa shape index (κ3) is 5.74. The molecule has 0 bridgehead atoms. The smallest absolute Gasteiger partial charge is 0.139 e. The number of carbonyl (C=O) groups excluding carboxylic acids is 1. The molecule has 2 N–H and O–H groups in total. The van der Waals surface area contributed by atoms with Crippen molar-refractivity contribution in [2.45, 2.75) is 65.9 Å². The number of allylic oxidation sites excluding steroid dienone is 2. The monoisotopic (exact) mass is 320 g/mol. The van der Waals surface area contributed by atoms with E-state index in [0.717, 1.165) is 30.4 Å². The van der Waals surface area contributed by atoms with Crippen molar-refractivity contribution in [3.8, 4) is 0 Å². The van der Waals surface area contributed by atoms with Gasteiger partial charge in [0.2, 0.25) is 0 Å². The van der Waals surface area contributed by atoms with Crippen molar-refractivity contribution in [2.24, 2.45) is 11.3 Å². The Bertz CT molecular complexity index is 497. The standard InChI is InChI=1S/C20H32O3/c1-14(12-17(22)13-15(2)10-11-21)6-8-18-16(3)7-9-19(23)20(18,4)5/h10,12,17-18,21-22H,3,6-9,11,13H2,1-2,4-5H3/b14-12+,15-10+/t17-,18+/m1/s1. The van der Waals surface area contributed by atoms with Gasteiger partial charge in [-0.25, -0.2) is 0 Å². The van der Waals surface area contributed by atoms with E-state index in [0.29, 0.717) is 18.6 Å². The molecule has 1 fully saturated rings. The molecule has 0 spiro atoms. The van der Waals surface area contributed by atoms with E-state index in [1.807, 2.05) is 33.8 Å². The highest BCUT2D eigenvalue weighted by molar-refractivity contribution is 5.86. The molecule has 23 heavy (non-hydrogen) atoms. The summed E-state index contributed by atoms with van der Waals surface area (Å²) in [6.45, 7) is 12.2. The Morgan fingerprint density at radius 1 is 1.35 bits per heavy atom. The second-order valence-corrected chi connectivity index (χ2v) is 7.41. The highest BCUT2D eigenvalue weighted by Crippen LogP contribution is 2.43. The van der Waals surface area contributed by atoms with Crippen LogP contribution in [0.15, 0.2) is 35.5 Å². The largest absolute Gasteiger partial charge is 0.392 e. The quantitative estimate of drug-likeness (QED) is 0.698. The van der Waals surface area contributed by atoms with Crippen LogP contribution in [-0.4, -0.2) is 28.7 Å². The predicted molar refractivity (Wildman–Crippen MR) is 95.1 cm³/mol. The van der Waals surface area contributed by atoms with Gasteiger partial charge in [-0.15, -0.1) is 0 Å². The summed E-state index contributed by atoms with van der Waals surface area (Å²) in [5.74, 6) is 0.557. The van der Waals surface area contributed by atoms with Gasteiger partial charge in [0.05, 0.1) is 12.7 Å². The van der Waals surface area contributed by atoms with Gasteiger partial charge in [-0.2, -0.15) is 0 Å². The van der Waals surface area contributed by atoms with Crippen molar-refractivity contribution in [3.63, 3.8) is 0 Å². The SMILES string of the molecule is C=C1CCC(=O)C(C)(C)[C@H]1CC/C(C)=C/[C@@H](O)C/C(C)=C/CO. The number of hydrogen-bond donors (Lipinski definition) is 2. The van der Waals surface area contributed by atoms with E-state index < -0.39 is 6.10 Å². The van der Waals surface area contributed by atoms with E-state index in [1.165, 1.54) is 5.57 Å². The minimum Gasteiger partial charge on any atom is -0.392 e. The van der Waals surface area contributed by atoms with E-state index in [-0.39, 0.29) is 17.9 Å². The van der Waals surface area contributed by atoms with Crippen LogP contribution in [0.5, 0.6) is 0 Å². The Hall–Kier alpha value is -1.19. The normalized spacial score (nSPS) is 24.0. The first-order chi connectivity index (χ1) is 10.7. The lowest BCUT2D eigenvalue weighted by Crippen LogP contribution is -2.38. The molecule has 0 aromatic heterocycles. The van der Waals surface area contributed by atoms with Crippen molar-refractivity contribution in [1.82, 2.24) is 0 Å². The second kappa shape index (κ2) is 8.60. The lowest BCUT2D eigenvalue weighted by atomic mass is 9.64. The van der Waals surface area contributed by atoms with Gasteiger partial charge in [-0.3, -0.25) is 4.79 Å². The fourth-order valence-electron chi connectivity index (χ4n) is 3.45. The molecule has 3 heteroatoms. The molecule has 0 aromatic carbocycles. The van der Waals surface area contributed by atoms with Gasteiger partial charge in [0.25, 0.3) is 0 Å². The van der Waals surface area contributed by atoms with Crippen LogP contribution in [0.2, 0.25) is 0 Å². The lowest BCUT2D eigenvalue weighted by molar-refractivity contribution is -0.130. The Balaban J connectivity index is 2.62. The van der Waals surface area contributed by atoms with Crippen LogP contribution in [-0.2, 0) is 4.79 Å². The molecule has 0 saturated heterocycles. The van der Waals surface area contributed by atoms with Gasteiger partial charge in [0.1, 0.15) is 5.78 Å². The third-order valence-corrected chi connectivity index (χ3v) is 5.03. The van der Waals surface area contributed by atoms with Crippen molar-refractivity contribution in [2.75, 3.05) is 6.61 Å². The van der Waals surface area contributed by atoms with E-state index in [9.17, 15) is 9.90 Å². The van der Waals surface area contributed by atoms with E-state index in [1.54, 1.807) is 6.08 Å². The number of ketones is 1. The average Bonchev–Trinajstić information content (AvgIpc) is 2.43. The first kappa shape index (κ1) is 19.9. The zero-order valence-corrected chi connectivity index (χ0v) is 15.1. The van der Waals surface area contributed by atoms with Gasteiger partial charge in [-0.1, -0.05) is 49.3 Å². The first-order valence-corrected chi connectivity index (χ1v) is 8.51. The minimum absolute atomic E-state index is 0.00809. The van der Waals surface area contributed by atoms with Crippen LogP contribution in [0.3, 0.4) is 0 Å². The van der Waals surface area contributed by atoms with Gasteiger partial charge < -0.3 is 10.2 Å². The van der Waals surface area contributed by atoms with Crippen LogP contribution in [0.1, 0.15) is 59.8 Å². The first-order valence-electron chi connectivity index (χ1n) is 8.51. The highest BCUT2D eigenvalue weighted by atomic mass is 16.3. The summed E-state index contributed by atoms with van der Waals surface area (Å²) in [6.07, 6.45) is 6.80. The Labute approximate surface area is 140 Å². The summed E-state index contributed by atoms with van der Waals surface area (Å²) in [5, 5.41) is 18.9. The highest BCUT2D eigenvalue weighted by Gasteiger charge is 2.40. The molecule has 1 saturated carbocycles. The van der Waals surface area contributed by atoms with E-state index >= 15 is 0 Å². The molecule has 2 atom stereocenters. The molecular formula is C20H32O3. The average molecular weight is 320 g/mol. The number of aliphatic hydroxyl groups is 2. The molecule has 0 heterocycles.